The van der Waals surface area contributed by atoms with E-state index in [1.165, 1.54) is 5.56 Å². The number of rotatable bonds is 7. The summed E-state index contributed by atoms with van der Waals surface area (Å²) in [4.78, 5) is 13.3. The maximum Gasteiger partial charge on any atom is 0.157 e. The summed E-state index contributed by atoms with van der Waals surface area (Å²) >= 11 is 0. The summed E-state index contributed by atoms with van der Waals surface area (Å²) in [6.07, 6.45) is 1.57. The average molecular weight is 342 g/mol. The summed E-state index contributed by atoms with van der Waals surface area (Å²) in [5.41, 5.74) is 8.23. The van der Waals surface area contributed by atoms with Gasteiger partial charge in [-0.3, -0.25) is 4.90 Å². The van der Waals surface area contributed by atoms with E-state index < -0.39 is 0 Å². The van der Waals surface area contributed by atoms with Gasteiger partial charge in [-0.25, -0.2) is 9.97 Å². The zero-order valence-electron chi connectivity index (χ0n) is 14.7. The molecule has 0 atom stereocenters. The molecule has 134 valence electrons. The van der Waals surface area contributed by atoms with Crippen molar-refractivity contribution in [2.75, 3.05) is 62.4 Å². The molecule has 1 saturated heterocycles. The maximum absolute atomic E-state index is 6.27. The third kappa shape index (κ3) is 4.58. The highest BCUT2D eigenvalue weighted by Gasteiger charge is 2.21. The van der Waals surface area contributed by atoms with Crippen molar-refractivity contribution in [3.8, 4) is 0 Å². The summed E-state index contributed by atoms with van der Waals surface area (Å²) in [5.74, 6) is 1.49. The Morgan fingerprint density at radius 1 is 1.12 bits per heavy atom. The number of anilines is 3. The highest BCUT2D eigenvalue weighted by atomic mass is 16.5. The van der Waals surface area contributed by atoms with Crippen LogP contribution in [0, 0.1) is 0 Å². The summed E-state index contributed by atoms with van der Waals surface area (Å²) in [6, 6.07) is 10.6. The number of hydrogen-bond donors (Lipinski definition) is 2. The third-order valence-electron chi connectivity index (χ3n) is 4.38. The first-order chi connectivity index (χ1) is 12.3. The van der Waals surface area contributed by atoms with Crippen LogP contribution in [0.4, 0.5) is 17.3 Å². The van der Waals surface area contributed by atoms with E-state index in [-0.39, 0.29) is 0 Å². The Balaban J connectivity index is 1.58. The van der Waals surface area contributed by atoms with Gasteiger partial charge in [-0.1, -0.05) is 30.3 Å². The molecule has 7 nitrogen and oxygen atoms in total. The molecule has 0 amide bonds. The van der Waals surface area contributed by atoms with Gasteiger partial charge < -0.3 is 20.7 Å². The molecular formula is C18H26N6O. The molecule has 7 heteroatoms. The topological polar surface area (TPSA) is 79.5 Å². The highest BCUT2D eigenvalue weighted by molar-refractivity contribution is 5.75. The summed E-state index contributed by atoms with van der Waals surface area (Å²) in [5, 5.41) is 3.20. The molecule has 1 aliphatic heterocycles. The van der Waals surface area contributed by atoms with Gasteiger partial charge in [0.2, 0.25) is 0 Å². The predicted octanol–water partition coefficient (Wildman–Crippen LogP) is 1.44. The Labute approximate surface area is 148 Å². The van der Waals surface area contributed by atoms with Crippen LogP contribution in [0.2, 0.25) is 0 Å². The average Bonchev–Trinajstić information content (AvgIpc) is 2.65. The first-order valence-electron chi connectivity index (χ1n) is 8.62. The highest BCUT2D eigenvalue weighted by Crippen LogP contribution is 2.26. The number of piperazine rings is 1. The Morgan fingerprint density at radius 2 is 1.88 bits per heavy atom. The van der Waals surface area contributed by atoms with Gasteiger partial charge in [-0.2, -0.15) is 0 Å². The van der Waals surface area contributed by atoms with Crippen LogP contribution >= 0.6 is 0 Å². The molecule has 0 saturated carbocycles. The molecule has 2 heterocycles. The van der Waals surface area contributed by atoms with E-state index >= 15 is 0 Å². The van der Waals surface area contributed by atoms with E-state index in [1.54, 1.807) is 13.4 Å². The monoisotopic (exact) mass is 342 g/mol. The molecule has 2 aromatic rings. The SMILES string of the molecule is COCCNc1ncnc(N2CCN(Cc3ccccc3)CC2)c1N. The largest absolute Gasteiger partial charge is 0.393 e. The first-order valence-corrected chi connectivity index (χ1v) is 8.62. The molecule has 1 aromatic heterocycles. The van der Waals surface area contributed by atoms with Gasteiger partial charge >= 0.3 is 0 Å². The molecule has 3 N–H and O–H groups in total. The van der Waals surface area contributed by atoms with Crippen molar-refractivity contribution in [3.63, 3.8) is 0 Å². The van der Waals surface area contributed by atoms with E-state index in [4.69, 9.17) is 10.5 Å². The van der Waals surface area contributed by atoms with Crippen LogP contribution in [0.1, 0.15) is 5.56 Å². The predicted molar refractivity (Wildman–Crippen MR) is 101 cm³/mol. The lowest BCUT2D eigenvalue weighted by molar-refractivity contribution is 0.210. The number of hydrogen-bond acceptors (Lipinski definition) is 7. The van der Waals surface area contributed by atoms with Gasteiger partial charge in [0.15, 0.2) is 11.6 Å². The van der Waals surface area contributed by atoms with Gasteiger partial charge in [-0.05, 0) is 5.56 Å². The minimum atomic E-state index is 0.607. The second-order valence-corrected chi connectivity index (χ2v) is 6.13. The van der Waals surface area contributed by atoms with E-state index in [2.05, 4.69) is 55.4 Å². The standard InChI is InChI=1S/C18H26N6O/c1-25-12-7-20-17-16(19)18(22-14-21-17)24-10-8-23(9-11-24)13-15-5-3-2-4-6-15/h2-6,14H,7-13,19H2,1H3,(H,20,21,22). The molecule has 0 spiro atoms. The van der Waals surface area contributed by atoms with Gasteiger partial charge in [0.25, 0.3) is 0 Å². The number of nitrogen functional groups attached to an aromatic ring is 1. The van der Waals surface area contributed by atoms with Gasteiger partial charge in [-0.15, -0.1) is 0 Å². The second kappa shape index (κ2) is 8.64. The molecule has 1 aliphatic rings. The Morgan fingerprint density at radius 3 is 2.60 bits per heavy atom. The Bertz CT molecular complexity index is 658. The minimum absolute atomic E-state index is 0.607. The van der Waals surface area contributed by atoms with Crippen LogP contribution in [-0.4, -0.2) is 61.3 Å². The van der Waals surface area contributed by atoms with Gasteiger partial charge in [0.05, 0.1) is 6.61 Å². The number of nitrogens with two attached hydrogens (primary N) is 1. The molecule has 0 bridgehead atoms. The fourth-order valence-electron chi connectivity index (χ4n) is 3.01. The van der Waals surface area contributed by atoms with Crippen LogP contribution in [0.5, 0.6) is 0 Å². The molecule has 0 unspecified atom stereocenters. The van der Waals surface area contributed by atoms with E-state index in [0.717, 1.165) is 38.5 Å². The van der Waals surface area contributed by atoms with Crippen molar-refractivity contribution in [3.05, 3.63) is 42.2 Å². The molecule has 1 aromatic carbocycles. The number of nitrogens with one attached hydrogen (secondary N) is 1. The number of methoxy groups -OCH3 is 1. The van der Waals surface area contributed by atoms with Crippen LogP contribution in [-0.2, 0) is 11.3 Å². The smallest absolute Gasteiger partial charge is 0.157 e. The lowest BCUT2D eigenvalue weighted by Crippen LogP contribution is -2.46. The van der Waals surface area contributed by atoms with Crippen molar-refractivity contribution in [2.45, 2.75) is 6.54 Å². The fraction of sp³-hybridized carbons (Fsp3) is 0.444. The number of nitrogens with zero attached hydrogens (tertiary/aromatic N) is 4. The second-order valence-electron chi connectivity index (χ2n) is 6.13. The number of aromatic nitrogens is 2. The van der Waals surface area contributed by atoms with Crippen LogP contribution in [0.25, 0.3) is 0 Å². The van der Waals surface area contributed by atoms with Crippen molar-refractivity contribution in [1.29, 1.82) is 0 Å². The van der Waals surface area contributed by atoms with Crippen molar-refractivity contribution >= 4 is 17.3 Å². The van der Waals surface area contributed by atoms with E-state index in [0.29, 0.717) is 24.7 Å². The lowest BCUT2D eigenvalue weighted by Gasteiger charge is -2.36. The van der Waals surface area contributed by atoms with E-state index in [1.807, 2.05) is 0 Å². The van der Waals surface area contributed by atoms with Crippen molar-refractivity contribution in [1.82, 2.24) is 14.9 Å². The first kappa shape index (κ1) is 17.4. The van der Waals surface area contributed by atoms with Gasteiger partial charge in [0, 0.05) is 46.4 Å². The van der Waals surface area contributed by atoms with Crippen molar-refractivity contribution in [2.24, 2.45) is 0 Å². The quantitative estimate of drug-likeness (QED) is 0.737. The molecule has 3 rings (SSSR count). The van der Waals surface area contributed by atoms with Crippen LogP contribution in [0.15, 0.2) is 36.7 Å². The fourth-order valence-corrected chi connectivity index (χ4v) is 3.01. The maximum atomic E-state index is 6.27. The molecular weight excluding hydrogens is 316 g/mol. The molecule has 0 radical (unpaired) electrons. The molecule has 25 heavy (non-hydrogen) atoms. The number of ether oxygens (including phenoxy) is 1. The molecule has 1 fully saturated rings. The summed E-state index contributed by atoms with van der Waals surface area (Å²) < 4.78 is 5.05. The summed E-state index contributed by atoms with van der Waals surface area (Å²) in [7, 11) is 1.67. The normalized spacial score (nSPS) is 15.3. The van der Waals surface area contributed by atoms with Crippen LogP contribution in [0.3, 0.4) is 0 Å². The Kier molecular flexibility index (Phi) is 6.03. The van der Waals surface area contributed by atoms with Gasteiger partial charge in [0.1, 0.15) is 12.0 Å². The van der Waals surface area contributed by atoms with E-state index in [9.17, 15) is 0 Å². The molecule has 0 aliphatic carbocycles. The zero-order valence-corrected chi connectivity index (χ0v) is 14.7. The lowest BCUT2D eigenvalue weighted by atomic mass is 10.2. The minimum Gasteiger partial charge on any atom is -0.393 e. The van der Waals surface area contributed by atoms with Crippen LogP contribution < -0.4 is 16.0 Å². The summed E-state index contributed by atoms with van der Waals surface area (Å²) in [6.45, 7) is 6.06. The third-order valence-corrected chi connectivity index (χ3v) is 4.38. The number of benzene rings is 1. The Hall–Kier alpha value is -2.38. The van der Waals surface area contributed by atoms with Crippen molar-refractivity contribution < 1.29 is 4.74 Å². The zero-order chi connectivity index (χ0) is 17.5.